The molecule has 0 atom stereocenters. The fourth-order valence-electron chi connectivity index (χ4n) is 1.47. The lowest BCUT2D eigenvalue weighted by molar-refractivity contribution is -0.135. The summed E-state index contributed by atoms with van der Waals surface area (Å²) in [6.07, 6.45) is -0.277. The van der Waals surface area contributed by atoms with Crippen molar-refractivity contribution in [2.45, 2.75) is 20.3 Å². The molecule has 0 amide bonds. The summed E-state index contributed by atoms with van der Waals surface area (Å²) in [6, 6.07) is 5.54. The van der Waals surface area contributed by atoms with Crippen LogP contribution in [0.1, 0.15) is 23.1 Å². The largest absolute Gasteiger partial charge is 0.481 e. The Morgan fingerprint density at radius 1 is 1.40 bits per heavy atom. The van der Waals surface area contributed by atoms with Crippen molar-refractivity contribution in [2.75, 3.05) is 0 Å². The summed E-state index contributed by atoms with van der Waals surface area (Å²) in [5.74, 6) is -1.01. The molecule has 0 aliphatic heterocycles. The quantitative estimate of drug-likeness (QED) is 0.452. The predicted octanol–water partition coefficient (Wildman–Crippen LogP) is 1.96. The Morgan fingerprint density at radius 3 is 2.53 bits per heavy atom. The van der Waals surface area contributed by atoms with Crippen LogP contribution in [0.15, 0.2) is 23.4 Å². The number of carbonyl (C=O) groups is 1. The molecule has 2 N–H and O–H groups in total. The van der Waals surface area contributed by atoms with Gasteiger partial charge in [0.2, 0.25) is 0 Å². The molecule has 0 spiro atoms. The maximum atomic E-state index is 10.5. The van der Waals surface area contributed by atoms with Crippen LogP contribution in [0.4, 0.5) is 0 Å². The van der Waals surface area contributed by atoms with E-state index in [9.17, 15) is 4.79 Å². The second-order valence-electron chi connectivity index (χ2n) is 3.44. The van der Waals surface area contributed by atoms with E-state index in [1.54, 1.807) is 6.07 Å². The maximum Gasteiger partial charge on any atom is 0.309 e. The second kappa shape index (κ2) is 4.59. The van der Waals surface area contributed by atoms with Gasteiger partial charge in [-0.1, -0.05) is 28.9 Å². The third-order valence-electron chi connectivity index (χ3n) is 2.13. The van der Waals surface area contributed by atoms with E-state index >= 15 is 0 Å². The number of carboxylic acid groups (broad SMARTS) is 1. The molecular formula is C11H13NO3. The molecule has 1 rings (SSSR count). The summed E-state index contributed by atoms with van der Waals surface area (Å²) in [5.41, 5.74) is 2.85. The van der Waals surface area contributed by atoms with E-state index < -0.39 is 5.97 Å². The van der Waals surface area contributed by atoms with Gasteiger partial charge in [0.05, 0.1) is 12.1 Å². The van der Waals surface area contributed by atoms with Crippen molar-refractivity contribution in [3.8, 4) is 0 Å². The van der Waals surface area contributed by atoms with Crippen molar-refractivity contribution >= 4 is 11.7 Å². The summed E-state index contributed by atoms with van der Waals surface area (Å²) in [6.45, 7) is 3.80. The number of rotatable bonds is 3. The summed E-state index contributed by atoms with van der Waals surface area (Å²) < 4.78 is 0. The van der Waals surface area contributed by atoms with Crippen LogP contribution in [0.2, 0.25) is 0 Å². The van der Waals surface area contributed by atoms with E-state index in [1.165, 1.54) is 0 Å². The molecule has 0 bridgehead atoms. The fourth-order valence-corrected chi connectivity index (χ4v) is 1.47. The minimum atomic E-state index is -1.01. The SMILES string of the molecule is Cc1ccc(/C(CC(=O)O)=N\O)c(C)c1. The molecule has 0 fully saturated rings. The Kier molecular flexibility index (Phi) is 3.44. The standard InChI is InChI=1S/C11H13NO3/c1-7-3-4-9(8(2)5-7)10(12-15)6-11(13)14/h3-5,15H,6H2,1-2H3,(H,13,14)/b12-10-. The minimum absolute atomic E-state index is 0.181. The lowest BCUT2D eigenvalue weighted by Gasteiger charge is -2.06. The van der Waals surface area contributed by atoms with Gasteiger partial charge >= 0.3 is 5.97 Å². The summed E-state index contributed by atoms with van der Waals surface area (Å²) in [7, 11) is 0. The molecule has 1 aromatic carbocycles. The average molecular weight is 207 g/mol. The van der Waals surface area contributed by atoms with Gasteiger partial charge < -0.3 is 10.3 Å². The molecule has 0 aliphatic carbocycles. The number of aryl methyl sites for hydroxylation is 2. The van der Waals surface area contributed by atoms with Crippen molar-refractivity contribution in [3.63, 3.8) is 0 Å². The topological polar surface area (TPSA) is 69.9 Å². The smallest absolute Gasteiger partial charge is 0.309 e. The highest BCUT2D eigenvalue weighted by atomic mass is 16.4. The zero-order chi connectivity index (χ0) is 11.4. The lowest BCUT2D eigenvalue weighted by atomic mass is 10.00. The van der Waals surface area contributed by atoms with Crippen LogP contribution >= 0.6 is 0 Å². The van der Waals surface area contributed by atoms with Crippen molar-refractivity contribution in [3.05, 3.63) is 34.9 Å². The Morgan fingerprint density at radius 2 is 2.07 bits per heavy atom. The van der Waals surface area contributed by atoms with Crippen molar-refractivity contribution in [2.24, 2.45) is 5.16 Å². The molecule has 0 saturated carbocycles. The highest BCUT2D eigenvalue weighted by molar-refractivity contribution is 6.09. The molecule has 0 aromatic heterocycles. The second-order valence-corrected chi connectivity index (χ2v) is 3.44. The third-order valence-corrected chi connectivity index (χ3v) is 2.13. The number of hydrogen-bond donors (Lipinski definition) is 2. The molecule has 15 heavy (non-hydrogen) atoms. The number of carboxylic acids is 1. The van der Waals surface area contributed by atoms with E-state index in [-0.39, 0.29) is 12.1 Å². The van der Waals surface area contributed by atoms with Crippen molar-refractivity contribution in [1.82, 2.24) is 0 Å². The van der Waals surface area contributed by atoms with Gasteiger partial charge in [-0.05, 0) is 19.4 Å². The van der Waals surface area contributed by atoms with E-state index in [1.807, 2.05) is 26.0 Å². The zero-order valence-electron chi connectivity index (χ0n) is 8.69. The molecule has 0 radical (unpaired) electrons. The predicted molar refractivity (Wildman–Crippen MR) is 56.5 cm³/mol. The van der Waals surface area contributed by atoms with Crippen molar-refractivity contribution < 1.29 is 15.1 Å². The van der Waals surface area contributed by atoms with Crippen LogP contribution in [-0.4, -0.2) is 22.0 Å². The minimum Gasteiger partial charge on any atom is -0.481 e. The van der Waals surface area contributed by atoms with Gasteiger partial charge in [0.25, 0.3) is 0 Å². The first-order valence-electron chi connectivity index (χ1n) is 4.55. The fraction of sp³-hybridized carbons (Fsp3) is 0.273. The first-order chi connectivity index (χ1) is 7.04. The van der Waals surface area contributed by atoms with Gasteiger partial charge in [0.15, 0.2) is 0 Å². The normalized spacial score (nSPS) is 11.5. The first-order valence-corrected chi connectivity index (χ1v) is 4.55. The molecule has 0 saturated heterocycles. The van der Waals surface area contributed by atoms with Crippen LogP contribution in [-0.2, 0) is 4.79 Å². The molecule has 4 nitrogen and oxygen atoms in total. The van der Waals surface area contributed by atoms with Crippen LogP contribution in [0.3, 0.4) is 0 Å². The molecule has 1 aromatic rings. The summed E-state index contributed by atoms with van der Waals surface area (Å²) >= 11 is 0. The zero-order valence-corrected chi connectivity index (χ0v) is 8.69. The summed E-state index contributed by atoms with van der Waals surface area (Å²) in [4.78, 5) is 10.5. The molecule has 0 unspecified atom stereocenters. The maximum absolute atomic E-state index is 10.5. The van der Waals surface area contributed by atoms with E-state index in [2.05, 4.69) is 5.16 Å². The van der Waals surface area contributed by atoms with E-state index in [0.717, 1.165) is 11.1 Å². The number of oxime groups is 1. The highest BCUT2D eigenvalue weighted by Gasteiger charge is 2.11. The molecule has 0 heterocycles. The van der Waals surface area contributed by atoms with E-state index in [4.69, 9.17) is 10.3 Å². The number of hydrogen-bond acceptors (Lipinski definition) is 3. The van der Waals surface area contributed by atoms with Crippen LogP contribution in [0, 0.1) is 13.8 Å². The Hall–Kier alpha value is -1.84. The lowest BCUT2D eigenvalue weighted by Crippen LogP contribution is -2.10. The molecule has 80 valence electrons. The van der Waals surface area contributed by atoms with Gasteiger partial charge in [0.1, 0.15) is 0 Å². The van der Waals surface area contributed by atoms with Gasteiger partial charge in [-0.2, -0.15) is 0 Å². The molecule has 0 aliphatic rings. The van der Waals surface area contributed by atoms with Gasteiger partial charge in [0, 0.05) is 5.56 Å². The van der Waals surface area contributed by atoms with Gasteiger partial charge in [-0.15, -0.1) is 0 Å². The first kappa shape index (κ1) is 11.2. The number of aliphatic carboxylic acids is 1. The average Bonchev–Trinajstić information content (AvgIpc) is 2.14. The molecular weight excluding hydrogens is 194 g/mol. The number of benzene rings is 1. The van der Waals surface area contributed by atoms with Crippen LogP contribution in [0.5, 0.6) is 0 Å². The Balaban J connectivity index is 3.08. The van der Waals surface area contributed by atoms with Crippen LogP contribution in [0.25, 0.3) is 0 Å². The van der Waals surface area contributed by atoms with Crippen molar-refractivity contribution in [1.29, 1.82) is 0 Å². The van der Waals surface area contributed by atoms with Gasteiger partial charge in [-0.3, -0.25) is 4.79 Å². The van der Waals surface area contributed by atoms with Gasteiger partial charge in [-0.25, -0.2) is 0 Å². The monoisotopic (exact) mass is 207 g/mol. The number of nitrogens with zero attached hydrogens (tertiary/aromatic N) is 1. The Bertz CT molecular complexity index is 410. The highest BCUT2D eigenvalue weighted by Crippen LogP contribution is 2.13. The third kappa shape index (κ3) is 2.80. The molecule has 4 heteroatoms. The summed E-state index contributed by atoms with van der Waals surface area (Å²) in [5, 5.41) is 20.4. The Labute approximate surface area is 87.9 Å². The van der Waals surface area contributed by atoms with E-state index in [0.29, 0.717) is 5.56 Å². The van der Waals surface area contributed by atoms with Crippen LogP contribution < -0.4 is 0 Å².